The summed E-state index contributed by atoms with van der Waals surface area (Å²) in [6.07, 6.45) is 0. The topological polar surface area (TPSA) is 53.4 Å². The molecule has 0 spiro atoms. The standard InChI is InChI=1S/C25H29ClFN5O/c1-4-30-11-13-31(14-12-30)21-9-10-22(17(2)15-21)28-25(33)23-18(3)29-32(24(23)26)16-19-5-7-20(27)8-6-19/h5-10,15H,4,11-14,16H2,1-3H3,(H,28,33). The number of aryl methyl sites for hydroxylation is 2. The molecule has 1 aliphatic rings. The molecule has 1 N–H and O–H groups in total. The van der Waals surface area contributed by atoms with Gasteiger partial charge in [0.1, 0.15) is 11.0 Å². The van der Waals surface area contributed by atoms with Gasteiger partial charge in [0, 0.05) is 37.6 Å². The minimum atomic E-state index is -0.300. The Labute approximate surface area is 198 Å². The van der Waals surface area contributed by atoms with E-state index in [1.54, 1.807) is 23.7 Å². The zero-order valence-corrected chi connectivity index (χ0v) is 20.0. The Bertz CT molecular complexity index is 1140. The highest BCUT2D eigenvalue weighted by atomic mass is 35.5. The van der Waals surface area contributed by atoms with Crippen molar-refractivity contribution in [3.8, 4) is 0 Å². The lowest BCUT2D eigenvalue weighted by Gasteiger charge is -2.35. The number of hydrogen-bond donors (Lipinski definition) is 1. The van der Waals surface area contributed by atoms with Gasteiger partial charge in [0.05, 0.1) is 17.8 Å². The van der Waals surface area contributed by atoms with Crippen molar-refractivity contribution in [3.05, 3.63) is 75.8 Å². The van der Waals surface area contributed by atoms with Crippen molar-refractivity contribution in [1.29, 1.82) is 0 Å². The number of hydrogen-bond acceptors (Lipinski definition) is 4. The largest absolute Gasteiger partial charge is 0.369 e. The molecule has 1 aliphatic heterocycles. The van der Waals surface area contributed by atoms with E-state index in [9.17, 15) is 9.18 Å². The molecule has 8 heteroatoms. The number of aromatic nitrogens is 2. The molecule has 0 bridgehead atoms. The lowest BCUT2D eigenvalue weighted by Crippen LogP contribution is -2.46. The summed E-state index contributed by atoms with van der Waals surface area (Å²) in [5.74, 6) is -0.596. The fourth-order valence-electron chi connectivity index (χ4n) is 4.17. The first kappa shape index (κ1) is 23.3. The number of rotatable bonds is 6. The summed E-state index contributed by atoms with van der Waals surface area (Å²) in [5, 5.41) is 7.67. The van der Waals surface area contributed by atoms with E-state index in [1.807, 2.05) is 13.0 Å². The van der Waals surface area contributed by atoms with Crippen molar-refractivity contribution in [2.24, 2.45) is 0 Å². The second-order valence-electron chi connectivity index (χ2n) is 8.41. The molecule has 2 aromatic carbocycles. The van der Waals surface area contributed by atoms with Crippen LogP contribution < -0.4 is 10.2 Å². The maximum Gasteiger partial charge on any atom is 0.260 e. The normalized spacial score (nSPS) is 14.5. The molecule has 0 saturated carbocycles. The zero-order valence-electron chi connectivity index (χ0n) is 19.2. The molecule has 0 unspecified atom stereocenters. The lowest BCUT2D eigenvalue weighted by atomic mass is 10.1. The van der Waals surface area contributed by atoms with E-state index in [0.717, 1.165) is 49.5 Å². The van der Waals surface area contributed by atoms with Crippen LogP contribution in [-0.4, -0.2) is 53.3 Å². The lowest BCUT2D eigenvalue weighted by molar-refractivity contribution is 0.102. The van der Waals surface area contributed by atoms with Crippen LogP contribution in [0, 0.1) is 19.7 Å². The predicted molar refractivity (Wildman–Crippen MR) is 131 cm³/mol. The molecule has 174 valence electrons. The second kappa shape index (κ2) is 9.93. The van der Waals surface area contributed by atoms with Gasteiger partial charge < -0.3 is 15.1 Å². The Kier molecular flexibility index (Phi) is 7.00. The molecule has 33 heavy (non-hydrogen) atoms. The predicted octanol–water partition coefficient (Wildman–Crippen LogP) is 4.73. The van der Waals surface area contributed by atoms with Crippen LogP contribution in [0.25, 0.3) is 0 Å². The first-order chi connectivity index (χ1) is 15.9. The highest BCUT2D eigenvalue weighted by molar-refractivity contribution is 6.33. The van der Waals surface area contributed by atoms with Gasteiger partial charge >= 0.3 is 0 Å². The Hall–Kier alpha value is -2.90. The van der Waals surface area contributed by atoms with E-state index in [4.69, 9.17) is 11.6 Å². The fraction of sp³-hybridized carbons (Fsp3) is 0.360. The summed E-state index contributed by atoms with van der Waals surface area (Å²) < 4.78 is 14.7. The summed E-state index contributed by atoms with van der Waals surface area (Å²) in [4.78, 5) is 17.9. The van der Waals surface area contributed by atoms with Crippen LogP contribution in [0.5, 0.6) is 0 Å². The number of benzene rings is 2. The molecule has 0 radical (unpaired) electrons. The Morgan fingerprint density at radius 2 is 1.79 bits per heavy atom. The molecule has 1 amide bonds. The molecule has 1 saturated heterocycles. The van der Waals surface area contributed by atoms with E-state index < -0.39 is 0 Å². The Balaban J connectivity index is 1.47. The van der Waals surface area contributed by atoms with Gasteiger partial charge in [-0.15, -0.1) is 0 Å². The minimum absolute atomic E-state index is 0.261. The molecule has 1 fully saturated rings. The van der Waals surface area contributed by atoms with E-state index in [0.29, 0.717) is 17.8 Å². The molecule has 3 aromatic rings. The number of nitrogens with zero attached hydrogens (tertiary/aromatic N) is 4. The molecule has 4 rings (SSSR count). The third kappa shape index (κ3) is 5.20. The van der Waals surface area contributed by atoms with E-state index in [1.165, 1.54) is 17.8 Å². The van der Waals surface area contributed by atoms with E-state index in [-0.39, 0.29) is 16.9 Å². The van der Waals surface area contributed by atoms with Crippen LogP contribution >= 0.6 is 11.6 Å². The summed E-state index contributed by atoms with van der Waals surface area (Å²) in [6, 6.07) is 12.2. The van der Waals surface area contributed by atoms with Gasteiger partial charge in [-0.05, 0) is 61.9 Å². The van der Waals surface area contributed by atoms with Crippen molar-refractivity contribution in [2.45, 2.75) is 27.3 Å². The van der Waals surface area contributed by atoms with Gasteiger partial charge in [-0.2, -0.15) is 5.10 Å². The van der Waals surface area contributed by atoms with Gasteiger partial charge in [-0.1, -0.05) is 30.7 Å². The van der Waals surface area contributed by atoms with Crippen LogP contribution in [0.4, 0.5) is 15.8 Å². The van der Waals surface area contributed by atoms with Crippen LogP contribution in [-0.2, 0) is 6.54 Å². The molecule has 0 atom stereocenters. The Morgan fingerprint density at radius 1 is 1.09 bits per heavy atom. The average molecular weight is 470 g/mol. The number of carbonyl (C=O) groups is 1. The van der Waals surface area contributed by atoms with Gasteiger partial charge in [0.15, 0.2) is 0 Å². The fourth-order valence-corrected chi connectivity index (χ4v) is 4.49. The number of amides is 1. The van der Waals surface area contributed by atoms with Crippen LogP contribution in [0.1, 0.15) is 34.1 Å². The number of likely N-dealkylation sites (N-methyl/N-ethyl adjacent to an activating group) is 1. The summed E-state index contributed by atoms with van der Waals surface area (Å²) in [6.45, 7) is 11.5. The number of carbonyl (C=O) groups excluding carboxylic acids is 1. The van der Waals surface area contributed by atoms with Crippen molar-refractivity contribution in [3.63, 3.8) is 0 Å². The maximum atomic E-state index is 13.2. The molecule has 2 heterocycles. The first-order valence-electron chi connectivity index (χ1n) is 11.2. The molecular weight excluding hydrogens is 441 g/mol. The summed E-state index contributed by atoms with van der Waals surface area (Å²) in [5.41, 5.74) is 4.64. The van der Waals surface area contributed by atoms with Gasteiger partial charge in [0.2, 0.25) is 0 Å². The van der Waals surface area contributed by atoms with Crippen molar-refractivity contribution in [1.82, 2.24) is 14.7 Å². The number of halogens is 2. The smallest absolute Gasteiger partial charge is 0.260 e. The second-order valence-corrected chi connectivity index (χ2v) is 8.77. The average Bonchev–Trinajstić information content (AvgIpc) is 3.09. The van der Waals surface area contributed by atoms with Crippen molar-refractivity contribution >= 4 is 28.9 Å². The Morgan fingerprint density at radius 3 is 2.42 bits per heavy atom. The highest BCUT2D eigenvalue weighted by Gasteiger charge is 2.22. The zero-order chi connectivity index (χ0) is 23.5. The number of nitrogens with one attached hydrogen (secondary N) is 1. The number of piperazine rings is 1. The summed E-state index contributed by atoms with van der Waals surface area (Å²) in [7, 11) is 0. The van der Waals surface area contributed by atoms with Crippen LogP contribution in [0.15, 0.2) is 42.5 Å². The first-order valence-corrected chi connectivity index (χ1v) is 11.6. The van der Waals surface area contributed by atoms with E-state index >= 15 is 0 Å². The van der Waals surface area contributed by atoms with Crippen LogP contribution in [0.2, 0.25) is 5.15 Å². The SMILES string of the molecule is CCN1CCN(c2ccc(NC(=O)c3c(C)nn(Cc4ccc(F)cc4)c3Cl)c(C)c2)CC1. The molecule has 6 nitrogen and oxygen atoms in total. The third-order valence-corrected chi connectivity index (χ3v) is 6.57. The van der Waals surface area contributed by atoms with Crippen LogP contribution in [0.3, 0.4) is 0 Å². The maximum absolute atomic E-state index is 13.2. The molecule has 0 aliphatic carbocycles. The van der Waals surface area contributed by atoms with Crippen molar-refractivity contribution in [2.75, 3.05) is 42.9 Å². The third-order valence-electron chi connectivity index (χ3n) is 6.18. The summed E-state index contributed by atoms with van der Waals surface area (Å²) >= 11 is 6.52. The van der Waals surface area contributed by atoms with Gasteiger partial charge in [-0.3, -0.25) is 4.79 Å². The van der Waals surface area contributed by atoms with Gasteiger partial charge in [0.25, 0.3) is 5.91 Å². The minimum Gasteiger partial charge on any atom is -0.369 e. The molecule has 1 aromatic heterocycles. The van der Waals surface area contributed by atoms with E-state index in [2.05, 4.69) is 39.3 Å². The highest BCUT2D eigenvalue weighted by Crippen LogP contribution is 2.26. The van der Waals surface area contributed by atoms with Gasteiger partial charge in [-0.25, -0.2) is 9.07 Å². The monoisotopic (exact) mass is 469 g/mol. The van der Waals surface area contributed by atoms with Crippen molar-refractivity contribution < 1.29 is 9.18 Å². The quantitative estimate of drug-likeness (QED) is 0.566. The number of anilines is 2. The molecular formula is C25H29ClFN5O.